The summed E-state index contributed by atoms with van der Waals surface area (Å²) < 4.78 is 2.37. The van der Waals surface area contributed by atoms with Crippen molar-refractivity contribution in [3.63, 3.8) is 0 Å². The van der Waals surface area contributed by atoms with Gasteiger partial charge in [-0.2, -0.15) is 0 Å². The van der Waals surface area contributed by atoms with Gasteiger partial charge in [0, 0.05) is 39.7 Å². The molecule has 2 rings (SSSR count). The Labute approximate surface area is 78.8 Å². The van der Waals surface area contributed by atoms with Crippen LogP contribution in [0.1, 0.15) is 0 Å². The Morgan fingerprint density at radius 2 is 1.90 bits per heavy atom. The topological polar surface area (TPSA) is 6.48 Å². The quantitative estimate of drug-likeness (QED) is 0.391. The molecule has 0 N–H and O–H groups in total. The van der Waals surface area contributed by atoms with Crippen LogP contribution in [0.15, 0.2) is 0 Å². The predicted molar refractivity (Wildman–Crippen MR) is 52.9 cm³/mol. The zero-order valence-corrected chi connectivity index (χ0v) is 8.56. The summed E-state index contributed by atoms with van der Waals surface area (Å²) in [6, 6.07) is 0. The van der Waals surface area contributed by atoms with Crippen LogP contribution in [0.4, 0.5) is 0 Å². The molecule has 2 aliphatic rings. The summed E-state index contributed by atoms with van der Waals surface area (Å²) in [4.78, 5) is 1.90. The zero-order chi connectivity index (χ0) is 7.19. The zero-order valence-electron chi connectivity index (χ0n) is 5.59. The highest BCUT2D eigenvalue weighted by molar-refractivity contribution is 14.2. The van der Waals surface area contributed by atoms with E-state index in [4.69, 9.17) is 7.98 Å². The molecule has 10 heavy (non-hydrogen) atoms. The molecule has 2 nitrogen and oxygen atoms in total. The number of halogens is 1. The Bertz CT molecular complexity index is 143. The summed E-state index contributed by atoms with van der Waals surface area (Å²) in [5.41, 5.74) is 0.590. The van der Waals surface area contributed by atoms with Gasteiger partial charge >= 0.3 is 0 Å². The fraction of sp³-hybridized carbons (Fsp3) is 1.00. The minimum absolute atomic E-state index is 0.590. The van der Waals surface area contributed by atoms with Crippen molar-refractivity contribution >= 4 is 38.3 Å². The van der Waals surface area contributed by atoms with E-state index in [1.54, 1.807) is 0 Å². The molecule has 0 atom stereocenters. The minimum Gasteiger partial charge on any atom is -0.352 e. The second-order valence-corrected chi connectivity index (χ2v) is 5.11. The Hall–Kier alpha value is 1.06. The lowest BCUT2D eigenvalue weighted by Crippen LogP contribution is -2.69. The minimum atomic E-state index is 0.590. The van der Waals surface area contributed by atoms with Crippen molar-refractivity contribution < 1.29 is 0 Å². The summed E-state index contributed by atoms with van der Waals surface area (Å²) in [7, 11) is 7.36. The van der Waals surface area contributed by atoms with Crippen LogP contribution >= 0.6 is 30.3 Å². The van der Waals surface area contributed by atoms with Crippen molar-refractivity contribution in [1.82, 2.24) is 9.12 Å². The van der Waals surface area contributed by atoms with E-state index >= 15 is 0 Å². The molecule has 1 spiro atoms. The maximum atomic E-state index is 5.56. The van der Waals surface area contributed by atoms with Crippen molar-refractivity contribution in [3.05, 3.63) is 0 Å². The van der Waals surface area contributed by atoms with Gasteiger partial charge in [0.1, 0.15) is 0 Å². The molecular weight excluding hydrogens is 258 g/mol. The summed E-state index contributed by atoms with van der Waals surface area (Å²) in [6.45, 7) is 4.66. The predicted octanol–water partition coefficient (Wildman–Crippen LogP) is 0.686. The fourth-order valence-corrected chi connectivity index (χ4v) is 3.25. The van der Waals surface area contributed by atoms with Crippen LogP contribution in [0.2, 0.25) is 0 Å². The largest absolute Gasteiger partial charge is 0.352 e. The third-order valence-electron chi connectivity index (χ3n) is 2.20. The Kier molecular flexibility index (Phi) is 1.95. The van der Waals surface area contributed by atoms with Crippen molar-refractivity contribution in [1.29, 1.82) is 0 Å². The van der Waals surface area contributed by atoms with Gasteiger partial charge in [-0.25, -0.2) is 4.31 Å². The van der Waals surface area contributed by atoms with E-state index in [1.165, 1.54) is 13.1 Å². The van der Waals surface area contributed by atoms with Crippen molar-refractivity contribution in [2.24, 2.45) is 5.41 Å². The van der Waals surface area contributed by atoms with E-state index in [1.807, 2.05) is 13.9 Å². The van der Waals surface area contributed by atoms with E-state index in [0.717, 1.165) is 13.1 Å². The summed E-state index contributed by atoms with van der Waals surface area (Å²) in [6.07, 6.45) is 0. The van der Waals surface area contributed by atoms with E-state index in [-0.39, 0.29) is 0 Å². The molecule has 2 radical (unpaired) electrons. The highest BCUT2D eigenvalue weighted by atomic mass is 127. The standard InChI is InChI=1S/C5H8BIN2S/c6-8-1-5(2-8)3-9(4-5)10-7/h1-4H2. The van der Waals surface area contributed by atoms with Gasteiger partial charge in [-0.05, 0) is 22.2 Å². The molecule has 2 heterocycles. The van der Waals surface area contributed by atoms with Gasteiger partial charge in [-0.15, -0.1) is 0 Å². The van der Waals surface area contributed by atoms with Crippen LogP contribution in [0.25, 0.3) is 0 Å². The molecule has 2 fully saturated rings. The van der Waals surface area contributed by atoms with Crippen LogP contribution < -0.4 is 0 Å². The first-order valence-electron chi connectivity index (χ1n) is 3.27. The number of nitrogens with zero attached hydrogens (tertiary/aromatic N) is 2. The first-order valence-corrected chi connectivity index (χ1v) is 6.59. The molecule has 5 heteroatoms. The third-order valence-corrected chi connectivity index (χ3v) is 4.32. The van der Waals surface area contributed by atoms with Crippen LogP contribution in [0.5, 0.6) is 0 Å². The van der Waals surface area contributed by atoms with Crippen LogP contribution in [0.3, 0.4) is 0 Å². The highest BCUT2D eigenvalue weighted by Gasteiger charge is 2.49. The lowest BCUT2D eigenvalue weighted by Gasteiger charge is -2.59. The second kappa shape index (κ2) is 2.53. The summed E-state index contributed by atoms with van der Waals surface area (Å²) >= 11 is 2.32. The third kappa shape index (κ3) is 1.11. The molecule has 0 amide bonds. The number of rotatable bonds is 1. The van der Waals surface area contributed by atoms with Gasteiger partial charge in [0.2, 0.25) is 0 Å². The van der Waals surface area contributed by atoms with Crippen LogP contribution in [-0.4, -0.2) is 43.3 Å². The molecule has 0 aromatic heterocycles. The fourth-order valence-electron chi connectivity index (χ4n) is 1.77. The Balaban J connectivity index is 1.80. The Morgan fingerprint density at radius 1 is 1.30 bits per heavy atom. The van der Waals surface area contributed by atoms with Crippen molar-refractivity contribution in [2.75, 3.05) is 26.2 Å². The van der Waals surface area contributed by atoms with Gasteiger partial charge in [-0.1, -0.05) is 0 Å². The molecule has 0 saturated carbocycles. The molecule has 0 unspecified atom stereocenters. The Morgan fingerprint density at radius 3 is 2.30 bits per heavy atom. The van der Waals surface area contributed by atoms with Gasteiger partial charge < -0.3 is 4.81 Å². The van der Waals surface area contributed by atoms with Crippen LogP contribution in [0, 0.1) is 5.41 Å². The average Bonchev–Trinajstić information content (AvgIpc) is 1.74. The lowest BCUT2D eigenvalue weighted by atomic mass is 9.73. The van der Waals surface area contributed by atoms with Crippen molar-refractivity contribution in [3.8, 4) is 0 Å². The van der Waals surface area contributed by atoms with Crippen LogP contribution in [-0.2, 0) is 0 Å². The molecular formula is C5H8BIN2S. The first kappa shape index (κ1) is 7.70. The average molecular weight is 266 g/mol. The maximum Gasteiger partial charge on any atom is 0.182 e. The maximum absolute atomic E-state index is 5.56. The van der Waals surface area contributed by atoms with E-state index < -0.39 is 0 Å². The van der Waals surface area contributed by atoms with E-state index in [0.29, 0.717) is 5.41 Å². The van der Waals surface area contributed by atoms with Gasteiger partial charge in [0.25, 0.3) is 0 Å². The molecule has 0 aliphatic carbocycles. The van der Waals surface area contributed by atoms with E-state index in [9.17, 15) is 0 Å². The monoisotopic (exact) mass is 266 g/mol. The van der Waals surface area contributed by atoms with Crippen molar-refractivity contribution in [2.45, 2.75) is 0 Å². The summed E-state index contributed by atoms with van der Waals surface area (Å²) in [5.74, 6) is 0. The number of hydrogen-bond donors (Lipinski definition) is 0. The summed E-state index contributed by atoms with van der Waals surface area (Å²) in [5, 5.41) is 0. The van der Waals surface area contributed by atoms with Gasteiger partial charge in [-0.3, -0.25) is 0 Å². The van der Waals surface area contributed by atoms with E-state index in [2.05, 4.69) is 25.5 Å². The molecule has 0 bridgehead atoms. The number of hydrogen-bond acceptors (Lipinski definition) is 3. The molecule has 54 valence electrons. The molecule has 2 aliphatic heterocycles. The first-order chi connectivity index (χ1) is 4.74. The lowest BCUT2D eigenvalue weighted by molar-refractivity contribution is -0.0313. The molecule has 0 aromatic carbocycles. The van der Waals surface area contributed by atoms with Gasteiger partial charge in [0.15, 0.2) is 7.98 Å². The van der Waals surface area contributed by atoms with Gasteiger partial charge in [0.05, 0.1) is 0 Å². The SMILES string of the molecule is [B]N1CC2(C1)CN(SI)C2. The second-order valence-electron chi connectivity index (χ2n) is 3.27. The molecule has 2 saturated heterocycles. The molecule has 0 aromatic rings. The smallest absolute Gasteiger partial charge is 0.182 e. The normalized spacial score (nSPS) is 31.7. The highest BCUT2D eigenvalue weighted by Crippen LogP contribution is 2.43.